The van der Waals surface area contributed by atoms with Crippen molar-refractivity contribution < 1.29 is 9.15 Å². The minimum Gasteiger partial charge on any atom is -0.439 e. The Morgan fingerprint density at radius 1 is 1.26 bits per heavy atom. The van der Waals surface area contributed by atoms with E-state index < -0.39 is 0 Å². The van der Waals surface area contributed by atoms with Crippen molar-refractivity contribution in [1.29, 1.82) is 0 Å². The van der Waals surface area contributed by atoms with Gasteiger partial charge in [-0.2, -0.15) is 0 Å². The number of hydrogen-bond acceptors (Lipinski definition) is 4. The lowest BCUT2D eigenvalue weighted by Gasteiger charge is -2.34. The molecule has 27 heavy (non-hydrogen) atoms. The first kappa shape index (κ1) is 19.4. The summed E-state index contributed by atoms with van der Waals surface area (Å²) in [6, 6.07) is 8.25. The molecule has 1 N–H and O–H groups in total. The number of aromatic nitrogens is 1. The number of hydrogen-bond donors (Lipinski definition) is 1. The lowest BCUT2D eigenvalue weighted by Crippen LogP contribution is -2.47. The van der Waals surface area contributed by atoms with Gasteiger partial charge in [0.05, 0.1) is 12.3 Å². The number of guanidine groups is 1. The van der Waals surface area contributed by atoms with E-state index in [9.17, 15) is 0 Å². The van der Waals surface area contributed by atoms with E-state index in [1.165, 1.54) is 5.56 Å². The SMILES string of the molecule is CCNC(=NCc1ncc(-c2ccc(C)cc2)o1)N1CCC(OCC)CC1. The molecule has 1 aromatic carbocycles. The number of likely N-dealkylation sites (tertiary alicyclic amines) is 1. The fraction of sp³-hybridized carbons (Fsp3) is 0.524. The van der Waals surface area contributed by atoms with Gasteiger partial charge in [-0.1, -0.05) is 29.8 Å². The maximum atomic E-state index is 5.89. The number of piperidine rings is 1. The summed E-state index contributed by atoms with van der Waals surface area (Å²) in [7, 11) is 0. The average Bonchev–Trinajstić information content (AvgIpc) is 3.16. The average molecular weight is 370 g/mol. The molecule has 0 radical (unpaired) electrons. The number of oxazole rings is 1. The highest BCUT2D eigenvalue weighted by atomic mass is 16.5. The second kappa shape index (κ2) is 9.55. The van der Waals surface area contributed by atoms with Gasteiger partial charge in [0.25, 0.3) is 0 Å². The Morgan fingerprint density at radius 3 is 2.67 bits per heavy atom. The Morgan fingerprint density at radius 2 is 2.00 bits per heavy atom. The van der Waals surface area contributed by atoms with Gasteiger partial charge in [-0.25, -0.2) is 9.98 Å². The molecule has 2 aromatic rings. The molecule has 1 aliphatic heterocycles. The highest BCUT2D eigenvalue weighted by molar-refractivity contribution is 5.80. The van der Waals surface area contributed by atoms with Crippen molar-refractivity contribution in [3.63, 3.8) is 0 Å². The zero-order valence-corrected chi connectivity index (χ0v) is 16.6. The fourth-order valence-electron chi connectivity index (χ4n) is 3.27. The van der Waals surface area contributed by atoms with Crippen LogP contribution < -0.4 is 5.32 Å². The third-order valence-electron chi connectivity index (χ3n) is 4.73. The zero-order valence-electron chi connectivity index (χ0n) is 16.6. The normalized spacial score (nSPS) is 16.0. The van der Waals surface area contributed by atoms with Crippen LogP contribution in [0.3, 0.4) is 0 Å². The van der Waals surface area contributed by atoms with E-state index >= 15 is 0 Å². The van der Waals surface area contributed by atoms with Gasteiger partial charge in [-0.3, -0.25) is 0 Å². The fourth-order valence-corrected chi connectivity index (χ4v) is 3.27. The number of nitrogens with one attached hydrogen (secondary N) is 1. The molecule has 1 fully saturated rings. The van der Waals surface area contributed by atoms with Gasteiger partial charge < -0.3 is 19.4 Å². The lowest BCUT2D eigenvalue weighted by molar-refractivity contribution is 0.0263. The Kier molecular flexibility index (Phi) is 6.87. The van der Waals surface area contributed by atoms with Crippen LogP contribution in [0.25, 0.3) is 11.3 Å². The van der Waals surface area contributed by atoms with Crippen LogP contribution in [0, 0.1) is 6.92 Å². The largest absolute Gasteiger partial charge is 0.439 e. The van der Waals surface area contributed by atoms with Crippen molar-refractivity contribution in [2.75, 3.05) is 26.2 Å². The van der Waals surface area contributed by atoms with E-state index in [-0.39, 0.29) is 0 Å². The minimum atomic E-state index is 0.373. The molecule has 1 aromatic heterocycles. The molecular formula is C21H30N4O2. The molecule has 0 atom stereocenters. The number of rotatable bonds is 6. The first-order chi connectivity index (χ1) is 13.2. The summed E-state index contributed by atoms with van der Waals surface area (Å²) in [6.45, 7) is 10.2. The molecule has 1 saturated heterocycles. The minimum absolute atomic E-state index is 0.373. The van der Waals surface area contributed by atoms with Gasteiger partial charge in [0, 0.05) is 31.8 Å². The van der Waals surface area contributed by atoms with E-state index in [0.29, 0.717) is 18.5 Å². The second-order valence-corrected chi connectivity index (χ2v) is 6.80. The molecule has 3 rings (SSSR count). The summed E-state index contributed by atoms with van der Waals surface area (Å²) in [5, 5.41) is 3.38. The van der Waals surface area contributed by atoms with Gasteiger partial charge in [-0.15, -0.1) is 0 Å². The Balaban J connectivity index is 1.63. The van der Waals surface area contributed by atoms with Crippen LogP contribution in [0.1, 0.15) is 38.1 Å². The monoisotopic (exact) mass is 370 g/mol. The molecule has 0 spiro atoms. The van der Waals surface area contributed by atoms with Crippen LogP contribution in [0.5, 0.6) is 0 Å². The van der Waals surface area contributed by atoms with Crippen LogP contribution in [-0.4, -0.2) is 48.2 Å². The van der Waals surface area contributed by atoms with E-state index in [1.807, 2.05) is 0 Å². The van der Waals surface area contributed by atoms with Crippen LogP contribution in [0.2, 0.25) is 0 Å². The van der Waals surface area contributed by atoms with Crippen LogP contribution in [-0.2, 0) is 11.3 Å². The van der Waals surface area contributed by atoms with Gasteiger partial charge >= 0.3 is 0 Å². The van der Waals surface area contributed by atoms with Crippen molar-refractivity contribution in [1.82, 2.24) is 15.2 Å². The highest BCUT2D eigenvalue weighted by Crippen LogP contribution is 2.21. The summed E-state index contributed by atoms with van der Waals surface area (Å²) in [5.41, 5.74) is 2.26. The third kappa shape index (κ3) is 5.32. The van der Waals surface area contributed by atoms with Crippen molar-refractivity contribution in [3.8, 4) is 11.3 Å². The summed E-state index contributed by atoms with van der Waals surface area (Å²) < 4.78 is 11.6. The Hall–Kier alpha value is -2.34. The van der Waals surface area contributed by atoms with Crippen LogP contribution >= 0.6 is 0 Å². The van der Waals surface area contributed by atoms with E-state index in [0.717, 1.165) is 56.4 Å². The number of aryl methyl sites for hydroxylation is 1. The highest BCUT2D eigenvalue weighted by Gasteiger charge is 2.21. The van der Waals surface area contributed by atoms with Gasteiger partial charge in [0.2, 0.25) is 5.89 Å². The summed E-state index contributed by atoms with van der Waals surface area (Å²) in [6.07, 6.45) is 4.22. The second-order valence-electron chi connectivity index (χ2n) is 6.80. The van der Waals surface area contributed by atoms with E-state index in [4.69, 9.17) is 14.1 Å². The third-order valence-corrected chi connectivity index (χ3v) is 4.73. The predicted octanol–water partition coefficient (Wildman–Crippen LogP) is 3.62. The molecule has 0 bridgehead atoms. The molecule has 0 unspecified atom stereocenters. The Labute approximate surface area is 161 Å². The van der Waals surface area contributed by atoms with Gasteiger partial charge in [0.15, 0.2) is 11.7 Å². The predicted molar refractivity (Wildman–Crippen MR) is 108 cm³/mol. The molecule has 0 aliphatic carbocycles. The Bertz CT molecular complexity index is 731. The van der Waals surface area contributed by atoms with Crippen LogP contribution in [0.15, 0.2) is 39.9 Å². The molecule has 6 heteroatoms. The van der Waals surface area contributed by atoms with E-state index in [1.54, 1.807) is 6.20 Å². The summed E-state index contributed by atoms with van der Waals surface area (Å²) in [5.74, 6) is 2.33. The standard InChI is InChI=1S/C21H30N4O2/c1-4-22-21(25-12-10-18(11-13-25)26-5-2)24-15-20-23-14-19(27-20)17-8-6-16(3)7-9-17/h6-9,14,18H,4-5,10-13,15H2,1-3H3,(H,22,24). The smallest absolute Gasteiger partial charge is 0.216 e. The zero-order chi connectivity index (χ0) is 19.1. The maximum absolute atomic E-state index is 5.89. The van der Waals surface area contributed by atoms with Gasteiger partial charge in [-0.05, 0) is 33.6 Å². The molecule has 6 nitrogen and oxygen atoms in total. The summed E-state index contributed by atoms with van der Waals surface area (Å²) >= 11 is 0. The number of aliphatic imine (C=N–C) groups is 1. The first-order valence-corrected chi connectivity index (χ1v) is 9.86. The quantitative estimate of drug-likeness (QED) is 0.622. The van der Waals surface area contributed by atoms with Gasteiger partial charge in [0.1, 0.15) is 6.54 Å². The molecule has 146 valence electrons. The van der Waals surface area contributed by atoms with E-state index in [2.05, 4.69) is 60.2 Å². The molecule has 0 saturated carbocycles. The molecular weight excluding hydrogens is 340 g/mol. The molecule has 2 heterocycles. The molecule has 0 amide bonds. The summed E-state index contributed by atoms with van der Waals surface area (Å²) in [4.78, 5) is 11.4. The number of ether oxygens (including phenoxy) is 1. The first-order valence-electron chi connectivity index (χ1n) is 9.86. The topological polar surface area (TPSA) is 62.9 Å². The van der Waals surface area contributed by atoms with Crippen molar-refractivity contribution >= 4 is 5.96 Å². The van der Waals surface area contributed by atoms with Crippen LogP contribution in [0.4, 0.5) is 0 Å². The number of nitrogens with zero attached hydrogens (tertiary/aromatic N) is 3. The maximum Gasteiger partial charge on any atom is 0.216 e. The lowest BCUT2D eigenvalue weighted by atomic mass is 10.1. The van der Waals surface area contributed by atoms with Crippen molar-refractivity contribution in [3.05, 3.63) is 41.9 Å². The number of benzene rings is 1. The van der Waals surface area contributed by atoms with Crippen molar-refractivity contribution in [2.45, 2.75) is 46.3 Å². The van der Waals surface area contributed by atoms with Crippen molar-refractivity contribution in [2.24, 2.45) is 4.99 Å². The molecule has 1 aliphatic rings.